The van der Waals surface area contributed by atoms with Crippen LogP contribution in [0.1, 0.15) is 6.92 Å². The molecule has 0 amide bonds. The van der Waals surface area contributed by atoms with E-state index in [4.69, 9.17) is 48.5 Å². The summed E-state index contributed by atoms with van der Waals surface area (Å²) < 4.78 is 157. The van der Waals surface area contributed by atoms with Crippen LogP contribution in [-0.4, -0.2) is 211 Å². The average molecular weight is 988 g/mol. The summed E-state index contributed by atoms with van der Waals surface area (Å²) in [4.78, 5) is 0. The molecular weight excluding hydrogens is 937 g/mol. The molecule has 0 aromatic carbocycles. The Labute approximate surface area is 331 Å². The Kier molecular flexibility index (Phi) is 32.7. The fraction of sp³-hybridized carbons (Fsp3) is 0.857. The maximum atomic E-state index is 11.6. The van der Waals surface area contributed by atoms with Crippen molar-refractivity contribution < 1.29 is 112 Å². The molecule has 0 aromatic rings. The third kappa shape index (κ3) is 34.1. The molecule has 3 heterocycles. The Bertz CT molecular complexity index is 1160. The van der Waals surface area contributed by atoms with Crippen molar-refractivity contribution in [2.75, 3.05) is 99.1 Å². The molecule has 5 N–H and O–H groups in total. The van der Waals surface area contributed by atoms with Crippen molar-refractivity contribution in [3.8, 4) is 0 Å². The maximum Gasteiger partial charge on any atom is 0.104 e. The second-order valence-electron chi connectivity index (χ2n) is 10.6. The molecule has 0 saturated carbocycles. The van der Waals surface area contributed by atoms with Gasteiger partial charge >= 0.3 is 101 Å². The second kappa shape index (κ2) is 32.0. The topological polar surface area (TPSA) is 272 Å². The SMILES string of the molecule is C=CCOCC(O)COCC(O)COC(CO)COCC1CO1.C=CCOCC1CO1.CCO.O=S(=O)([O][Sn][O]S(=O)(=O)C(F)(F)F)C(F)(F)F.OCC1CO1. The molecule has 0 aliphatic carbocycles. The first-order chi connectivity index (χ1) is 26.1. The van der Waals surface area contributed by atoms with Gasteiger partial charge in [0.15, 0.2) is 0 Å². The van der Waals surface area contributed by atoms with Crippen molar-refractivity contribution in [2.45, 2.75) is 54.6 Å². The van der Waals surface area contributed by atoms with Crippen molar-refractivity contribution in [2.24, 2.45) is 0 Å². The Hall–Kier alpha value is -0.841. The molecule has 0 aromatic heterocycles. The number of epoxide rings is 3. The smallest absolute Gasteiger partial charge is 0.104 e. The van der Waals surface area contributed by atoms with Crippen molar-refractivity contribution in [1.29, 1.82) is 0 Å². The molecular formula is C28H50F6O19S2Sn. The van der Waals surface area contributed by atoms with Gasteiger partial charge in [0, 0.05) is 6.61 Å². The largest absolute Gasteiger partial charge is 0.394 e. The van der Waals surface area contributed by atoms with Crippen LogP contribution in [0.3, 0.4) is 0 Å². The van der Waals surface area contributed by atoms with Gasteiger partial charge in [-0.15, -0.1) is 13.2 Å². The first-order valence-electron chi connectivity index (χ1n) is 16.1. The van der Waals surface area contributed by atoms with E-state index in [1.165, 1.54) is 0 Å². The van der Waals surface area contributed by atoms with Crippen LogP contribution in [0.25, 0.3) is 0 Å². The van der Waals surface area contributed by atoms with Crippen LogP contribution in [0.4, 0.5) is 26.3 Å². The predicted octanol–water partition coefficient (Wildman–Crippen LogP) is -1.06. The summed E-state index contributed by atoms with van der Waals surface area (Å²) in [5.74, 6) is 0. The van der Waals surface area contributed by atoms with E-state index in [-0.39, 0.29) is 65.1 Å². The van der Waals surface area contributed by atoms with E-state index >= 15 is 0 Å². The fourth-order valence-electron chi connectivity index (χ4n) is 2.44. The van der Waals surface area contributed by atoms with Crippen molar-refractivity contribution in [3.63, 3.8) is 0 Å². The van der Waals surface area contributed by atoms with E-state index < -0.39 is 71.5 Å². The Morgan fingerprint density at radius 1 is 0.696 bits per heavy atom. The summed E-state index contributed by atoms with van der Waals surface area (Å²) >= 11 is -3.86. The van der Waals surface area contributed by atoms with Gasteiger partial charge in [0.05, 0.1) is 92.5 Å². The molecule has 2 radical (unpaired) electrons. The molecule has 3 rings (SSSR count). The first kappa shape index (κ1) is 57.3. The van der Waals surface area contributed by atoms with Crippen LogP contribution in [0.5, 0.6) is 0 Å². The molecule has 0 spiro atoms. The van der Waals surface area contributed by atoms with E-state index in [0.29, 0.717) is 32.5 Å². The van der Waals surface area contributed by atoms with Crippen LogP contribution in [-0.2, 0) is 63.2 Å². The van der Waals surface area contributed by atoms with E-state index in [1.807, 2.05) is 0 Å². The average Bonchev–Trinajstić information content (AvgIpc) is 3.95. The first-order valence-corrected chi connectivity index (χ1v) is 21.2. The van der Waals surface area contributed by atoms with Gasteiger partial charge in [-0.05, 0) is 6.92 Å². The third-order valence-electron chi connectivity index (χ3n) is 5.31. The molecule has 56 heavy (non-hydrogen) atoms. The number of hydrogen-bond acceptors (Lipinski definition) is 19. The zero-order chi connectivity index (χ0) is 43.3. The van der Waals surface area contributed by atoms with Crippen LogP contribution >= 0.6 is 0 Å². The predicted molar refractivity (Wildman–Crippen MR) is 179 cm³/mol. The van der Waals surface area contributed by atoms with E-state index in [9.17, 15) is 53.4 Å². The van der Waals surface area contributed by atoms with Crippen molar-refractivity contribution in [3.05, 3.63) is 25.3 Å². The molecule has 334 valence electrons. The number of alkyl halides is 6. The van der Waals surface area contributed by atoms with Gasteiger partial charge in [-0.1, -0.05) is 12.2 Å². The number of aliphatic hydroxyl groups excluding tert-OH is 5. The molecule has 19 nitrogen and oxygen atoms in total. The van der Waals surface area contributed by atoms with Gasteiger partial charge < -0.3 is 63.4 Å². The van der Waals surface area contributed by atoms with Gasteiger partial charge in [-0.3, -0.25) is 0 Å². The van der Waals surface area contributed by atoms with E-state index in [0.717, 1.165) is 19.8 Å². The van der Waals surface area contributed by atoms with Crippen molar-refractivity contribution in [1.82, 2.24) is 0 Å². The maximum absolute atomic E-state index is 11.6. The number of rotatable bonds is 25. The van der Waals surface area contributed by atoms with Crippen molar-refractivity contribution >= 4 is 42.2 Å². The Balaban J connectivity index is 0. The summed E-state index contributed by atoms with van der Waals surface area (Å²) in [7, 11) is -12.3. The van der Waals surface area contributed by atoms with Crippen LogP contribution in [0.15, 0.2) is 25.3 Å². The molecule has 3 aliphatic rings. The Morgan fingerprint density at radius 2 is 1.09 bits per heavy atom. The summed E-state index contributed by atoms with van der Waals surface area (Å²) in [5, 5.41) is 44.1. The van der Waals surface area contributed by atoms with Gasteiger partial charge in [-0.25, -0.2) is 0 Å². The van der Waals surface area contributed by atoms with Crippen LogP contribution in [0, 0.1) is 0 Å². The van der Waals surface area contributed by atoms with Gasteiger partial charge in [0.1, 0.15) is 36.6 Å². The van der Waals surface area contributed by atoms with Gasteiger partial charge in [-0.2, -0.15) is 0 Å². The number of halogens is 6. The summed E-state index contributed by atoms with van der Waals surface area (Å²) in [5.41, 5.74) is -11.7. The normalized spacial score (nSPS) is 20.1. The van der Waals surface area contributed by atoms with E-state index in [2.05, 4.69) is 22.9 Å². The number of ether oxygens (including phenoxy) is 8. The summed E-state index contributed by atoms with van der Waals surface area (Å²) in [6.45, 7) is 14.0. The quantitative estimate of drug-likeness (QED) is 0.0182. The molecule has 3 saturated heterocycles. The molecule has 6 unspecified atom stereocenters. The molecule has 3 fully saturated rings. The minimum atomic E-state index is -6.15. The third-order valence-corrected chi connectivity index (χ3v) is 11.9. The Morgan fingerprint density at radius 3 is 1.45 bits per heavy atom. The van der Waals surface area contributed by atoms with E-state index in [1.54, 1.807) is 19.1 Å². The molecule has 28 heteroatoms. The standard InChI is InChI=1S/C15H28O8.C6H10O2.C3H6O2.C2H6O.2CHF3O3S.Sn/c1-2-3-19-5-12(17)6-20-7-13(18)8-22-14(4-16)9-21-10-15-11-23-15;1-2-3-7-4-6-5-8-6;4-1-3-2-5-3;1-2-3;2*2-1(3,4)8(5,6)7;/h2,12-18H,1,3-11H2;2,6H,1,3-5H2;3-4H,1-2H2;3H,2H2,1H3;2*(H,5,6,7);/q;;;;;;+2/p-2. The van der Waals surface area contributed by atoms with Crippen LogP contribution < -0.4 is 0 Å². The second-order valence-corrected chi connectivity index (χ2v) is 17.0. The molecule has 0 bridgehead atoms. The monoisotopic (exact) mass is 988 g/mol. The molecule has 3 aliphatic heterocycles. The fourth-order valence-corrected chi connectivity index (χ4v) is 6.78. The minimum Gasteiger partial charge on any atom is -0.394 e. The van der Waals surface area contributed by atoms with Gasteiger partial charge in [0.2, 0.25) is 0 Å². The molecule has 6 atom stereocenters. The summed E-state index contributed by atoms with van der Waals surface area (Å²) in [6, 6.07) is 0. The number of hydrogen-bond donors (Lipinski definition) is 5. The summed E-state index contributed by atoms with van der Waals surface area (Å²) in [6.07, 6.45) is 1.96. The minimum absolute atomic E-state index is 0.0115. The zero-order valence-corrected chi connectivity index (χ0v) is 34.7. The zero-order valence-electron chi connectivity index (χ0n) is 30.2. The number of aliphatic hydroxyl groups is 5. The van der Waals surface area contributed by atoms with Crippen LogP contribution in [0.2, 0.25) is 0 Å². The van der Waals surface area contributed by atoms with Gasteiger partial charge in [0.25, 0.3) is 0 Å².